The van der Waals surface area contributed by atoms with Gasteiger partial charge in [0.15, 0.2) is 0 Å². The standard InChI is InChI=1S/C12H18NO/c1-10-5-3-4-6-11(10)14-12(2)7-8-13-9-12/h3,5-6,13H,4,7-9H2,1-2H3/t12-/m0/s1. The molecule has 1 aliphatic carbocycles. The highest BCUT2D eigenvalue weighted by molar-refractivity contribution is 5.31. The van der Waals surface area contributed by atoms with Crippen LogP contribution in [0.15, 0.2) is 23.5 Å². The average molecular weight is 192 g/mol. The highest BCUT2D eigenvalue weighted by Crippen LogP contribution is 2.28. The van der Waals surface area contributed by atoms with E-state index in [-0.39, 0.29) is 5.60 Å². The van der Waals surface area contributed by atoms with Gasteiger partial charge in [-0.05, 0) is 44.9 Å². The number of rotatable bonds is 2. The summed E-state index contributed by atoms with van der Waals surface area (Å²) in [6, 6.07) is 0. The van der Waals surface area contributed by atoms with Crippen molar-refractivity contribution in [3.05, 3.63) is 29.9 Å². The van der Waals surface area contributed by atoms with E-state index in [4.69, 9.17) is 4.74 Å². The van der Waals surface area contributed by atoms with E-state index in [1.807, 2.05) is 0 Å². The van der Waals surface area contributed by atoms with Gasteiger partial charge in [0.2, 0.25) is 0 Å². The van der Waals surface area contributed by atoms with Gasteiger partial charge in [0.1, 0.15) is 11.4 Å². The zero-order chi connectivity index (χ0) is 10.0. The second-order valence-corrected chi connectivity index (χ2v) is 4.37. The highest BCUT2D eigenvalue weighted by atomic mass is 16.5. The molecule has 2 rings (SSSR count). The van der Waals surface area contributed by atoms with Crippen LogP contribution in [0, 0.1) is 6.42 Å². The molecule has 1 heterocycles. The van der Waals surface area contributed by atoms with Crippen molar-refractivity contribution in [3.63, 3.8) is 0 Å². The zero-order valence-electron chi connectivity index (χ0n) is 8.97. The molecular formula is C12H18NO. The Hall–Kier alpha value is -0.760. The predicted molar refractivity (Wildman–Crippen MR) is 57.7 cm³/mol. The van der Waals surface area contributed by atoms with Gasteiger partial charge in [-0.1, -0.05) is 6.08 Å². The number of hydrogen-bond donors (Lipinski definition) is 1. The van der Waals surface area contributed by atoms with Gasteiger partial charge in [-0.15, -0.1) is 0 Å². The average Bonchev–Trinajstić information content (AvgIpc) is 2.57. The van der Waals surface area contributed by atoms with Crippen molar-refractivity contribution in [3.8, 4) is 0 Å². The molecule has 1 fully saturated rings. The quantitative estimate of drug-likeness (QED) is 0.724. The van der Waals surface area contributed by atoms with Gasteiger partial charge < -0.3 is 10.1 Å². The van der Waals surface area contributed by atoms with E-state index in [1.165, 1.54) is 5.57 Å². The Morgan fingerprint density at radius 1 is 1.50 bits per heavy atom. The molecule has 14 heavy (non-hydrogen) atoms. The molecule has 1 saturated heterocycles. The van der Waals surface area contributed by atoms with Crippen LogP contribution in [0.1, 0.15) is 26.7 Å². The first kappa shape index (κ1) is 9.78. The Morgan fingerprint density at radius 2 is 2.36 bits per heavy atom. The van der Waals surface area contributed by atoms with Crippen LogP contribution in [0.25, 0.3) is 0 Å². The van der Waals surface area contributed by atoms with E-state index in [0.717, 1.165) is 31.7 Å². The molecule has 1 aliphatic heterocycles. The van der Waals surface area contributed by atoms with Gasteiger partial charge in [0.25, 0.3) is 0 Å². The topological polar surface area (TPSA) is 21.3 Å². The minimum absolute atomic E-state index is 0.00171. The summed E-state index contributed by atoms with van der Waals surface area (Å²) in [7, 11) is 0. The molecule has 0 spiro atoms. The van der Waals surface area contributed by atoms with E-state index in [0.29, 0.717) is 0 Å². The van der Waals surface area contributed by atoms with Gasteiger partial charge >= 0.3 is 0 Å². The van der Waals surface area contributed by atoms with Crippen molar-refractivity contribution in [1.29, 1.82) is 0 Å². The normalized spacial score (nSPS) is 32.4. The summed E-state index contributed by atoms with van der Waals surface area (Å²) in [5.74, 6) is 1.07. The van der Waals surface area contributed by atoms with Crippen LogP contribution < -0.4 is 5.32 Å². The largest absolute Gasteiger partial charge is 0.486 e. The lowest BCUT2D eigenvalue weighted by molar-refractivity contribution is 0.0402. The van der Waals surface area contributed by atoms with Crippen molar-refractivity contribution in [2.24, 2.45) is 0 Å². The van der Waals surface area contributed by atoms with Crippen molar-refractivity contribution < 1.29 is 4.74 Å². The molecule has 1 radical (unpaired) electrons. The third kappa shape index (κ3) is 2.01. The van der Waals surface area contributed by atoms with Crippen LogP contribution >= 0.6 is 0 Å². The summed E-state index contributed by atoms with van der Waals surface area (Å²) < 4.78 is 6.06. The van der Waals surface area contributed by atoms with Crippen molar-refractivity contribution in [2.45, 2.75) is 32.3 Å². The molecule has 2 nitrogen and oxygen atoms in total. The van der Waals surface area contributed by atoms with Crippen molar-refractivity contribution in [1.82, 2.24) is 5.32 Å². The molecule has 0 saturated carbocycles. The molecule has 0 aromatic rings. The molecule has 0 aromatic heterocycles. The Balaban J connectivity index is 2.03. The molecule has 2 aliphatic rings. The van der Waals surface area contributed by atoms with Gasteiger partial charge in [-0.25, -0.2) is 0 Å². The fourth-order valence-corrected chi connectivity index (χ4v) is 1.93. The summed E-state index contributed by atoms with van der Waals surface area (Å²) in [4.78, 5) is 0. The molecule has 0 aromatic carbocycles. The highest BCUT2D eigenvalue weighted by Gasteiger charge is 2.31. The van der Waals surface area contributed by atoms with E-state index >= 15 is 0 Å². The Bertz CT molecular complexity index is 272. The lowest BCUT2D eigenvalue weighted by atomic mass is 10.0. The van der Waals surface area contributed by atoms with Gasteiger partial charge in [0.05, 0.1) is 0 Å². The Morgan fingerprint density at radius 3 is 3.00 bits per heavy atom. The first-order chi connectivity index (χ1) is 6.70. The van der Waals surface area contributed by atoms with Gasteiger partial charge in [0, 0.05) is 13.0 Å². The van der Waals surface area contributed by atoms with Crippen molar-refractivity contribution >= 4 is 0 Å². The fraction of sp³-hybridized carbons (Fsp3) is 0.583. The maximum Gasteiger partial charge on any atom is 0.120 e. The molecule has 0 bridgehead atoms. The minimum atomic E-state index is -0.00171. The maximum atomic E-state index is 6.06. The lowest BCUT2D eigenvalue weighted by Gasteiger charge is -2.28. The number of allylic oxidation sites excluding steroid dienone is 3. The molecule has 1 atom stereocenters. The Kier molecular flexibility index (Phi) is 2.64. The van der Waals surface area contributed by atoms with Crippen LogP contribution in [-0.4, -0.2) is 18.7 Å². The second-order valence-electron chi connectivity index (χ2n) is 4.37. The number of ether oxygens (including phenoxy) is 1. The lowest BCUT2D eigenvalue weighted by Crippen LogP contribution is -2.31. The summed E-state index contributed by atoms with van der Waals surface area (Å²) in [6.07, 6.45) is 8.56. The summed E-state index contributed by atoms with van der Waals surface area (Å²) in [5, 5.41) is 3.34. The van der Waals surface area contributed by atoms with Crippen LogP contribution in [0.2, 0.25) is 0 Å². The van der Waals surface area contributed by atoms with Crippen LogP contribution in [0.5, 0.6) is 0 Å². The molecule has 2 heteroatoms. The molecule has 0 amide bonds. The third-order valence-electron chi connectivity index (χ3n) is 2.88. The van der Waals surface area contributed by atoms with E-state index < -0.39 is 0 Å². The fourth-order valence-electron chi connectivity index (χ4n) is 1.93. The first-order valence-corrected chi connectivity index (χ1v) is 5.30. The van der Waals surface area contributed by atoms with Crippen molar-refractivity contribution in [2.75, 3.05) is 13.1 Å². The molecular weight excluding hydrogens is 174 g/mol. The SMILES string of the molecule is CC1=C[CH]CC=C1O[C@@]1(C)CCNC1. The molecule has 0 unspecified atom stereocenters. The Labute approximate surface area is 86.0 Å². The van der Waals surface area contributed by atoms with E-state index in [1.54, 1.807) is 0 Å². The number of nitrogens with one attached hydrogen (secondary N) is 1. The summed E-state index contributed by atoms with van der Waals surface area (Å²) in [6.45, 7) is 6.31. The van der Waals surface area contributed by atoms with Crippen LogP contribution in [-0.2, 0) is 4.74 Å². The maximum absolute atomic E-state index is 6.06. The smallest absolute Gasteiger partial charge is 0.120 e. The number of hydrogen-bond acceptors (Lipinski definition) is 2. The molecule has 77 valence electrons. The van der Waals surface area contributed by atoms with Crippen LogP contribution in [0.4, 0.5) is 0 Å². The van der Waals surface area contributed by atoms with Crippen LogP contribution in [0.3, 0.4) is 0 Å². The predicted octanol–water partition coefficient (Wildman–Crippen LogP) is 2.19. The minimum Gasteiger partial charge on any atom is -0.486 e. The molecule has 1 N–H and O–H groups in total. The monoisotopic (exact) mass is 192 g/mol. The zero-order valence-corrected chi connectivity index (χ0v) is 8.97. The second kappa shape index (κ2) is 3.77. The summed E-state index contributed by atoms with van der Waals surface area (Å²) in [5.41, 5.74) is 1.24. The van der Waals surface area contributed by atoms with Gasteiger partial charge in [-0.2, -0.15) is 0 Å². The third-order valence-corrected chi connectivity index (χ3v) is 2.88. The summed E-state index contributed by atoms with van der Waals surface area (Å²) >= 11 is 0. The first-order valence-electron chi connectivity index (χ1n) is 5.30. The van der Waals surface area contributed by atoms with E-state index in [2.05, 4.69) is 37.7 Å². The van der Waals surface area contributed by atoms with E-state index in [9.17, 15) is 0 Å². The van der Waals surface area contributed by atoms with Gasteiger partial charge in [-0.3, -0.25) is 0 Å².